The molecule has 0 spiro atoms. The lowest BCUT2D eigenvalue weighted by Gasteiger charge is -2.59. The molecule has 0 aromatic heterocycles. The first kappa shape index (κ1) is 17.7. The van der Waals surface area contributed by atoms with Crippen LogP contribution >= 0.6 is 0 Å². The van der Waals surface area contributed by atoms with Crippen LogP contribution in [0.4, 0.5) is 0 Å². The Morgan fingerprint density at radius 3 is 2.48 bits per heavy atom. The number of hydrogen-bond donors (Lipinski definition) is 1. The summed E-state index contributed by atoms with van der Waals surface area (Å²) in [6.07, 6.45) is 14.3. The Hall–Kier alpha value is -0.0800. The van der Waals surface area contributed by atoms with Gasteiger partial charge in [-0.2, -0.15) is 0 Å². The van der Waals surface area contributed by atoms with E-state index in [4.69, 9.17) is 4.74 Å². The standard InChI is InChI=1S/C21H38O2/c1-16-8-6-4-5-7-9-19-18(16)11-10-17-14-20(2,22)12-13-21(17,19)15-23-3/h16-19,22H,4-15H2,1-3H3/t16-,17-,18-,19-,20+,21+/m0/s1. The topological polar surface area (TPSA) is 29.5 Å². The average Bonchev–Trinajstić information content (AvgIpc) is 2.59. The summed E-state index contributed by atoms with van der Waals surface area (Å²) >= 11 is 0. The predicted octanol–water partition coefficient (Wildman–Crippen LogP) is 5.19. The SMILES string of the molecule is COC[C@]12CC[C@@](C)(O)C[C@@H]1CC[C@H]1[C@@H](C)CCCCCC[C@@H]12. The number of fused-ring (bicyclic) bond motifs is 3. The summed E-state index contributed by atoms with van der Waals surface area (Å²) in [6, 6.07) is 0. The van der Waals surface area contributed by atoms with Gasteiger partial charge in [0.15, 0.2) is 0 Å². The molecule has 0 amide bonds. The van der Waals surface area contributed by atoms with Crippen LogP contribution in [0, 0.1) is 29.1 Å². The number of methoxy groups -OCH3 is 1. The molecular formula is C21H38O2. The summed E-state index contributed by atoms with van der Waals surface area (Å²) in [5, 5.41) is 10.6. The van der Waals surface area contributed by atoms with Crippen molar-refractivity contribution < 1.29 is 9.84 Å². The van der Waals surface area contributed by atoms with Crippen molar-refractivity contribution in [3.63, 3.8) is 0 Å². The van der Waals surface area contributed by atoms with Crippen LogP contribution in [-0.2, 0) is 4.74 Å². The summed E-state index contributed by atoms with van der Waals surface area (Å²) < 4.78 is 5.82. The first-order valence-corrected chi connectivity index (χ1v) is 10.2. The molecule has 2 heteroatoms. The van der Waals surface area contributed by atoms with Crippen molar-refractivity contribution in [1.82, 2.24) is 0 Å². The molecule has 0 radical (unpaired) electrons. The molecule has 23 heavy (non-hydrogen) atoms. The van der Waals surface area contributed by atoms with Gasteiger partial charge in [0.25, 0.3) is 0 Å². The maximum absolute atomic E-state index is 10.6. The molecule has 2 nitrogen and oxygen atoms in total. The third-order valence-electron chi connectivity index (χ3n) is 7.80. The van der Waals surface area contributed by atoms with Gasteiger partial charge < -0.3 is 9.84 Å². The lowest BCUT2D eigenvalue weighted by molar-refractivity contribution is -0.151. The molecule has 0 unspecified atom stereocenters. The van der Waals surface area contributed by atoms with Crippen molar-refractivity contribution in [2.75, 3.05) is 13.7 Å². The van der Waals surface area contributed by atoms with Crippen molar-refractivity contribution in [3.05, 3.63) is 0 Å². The van der Waals surface area contributed by atoms with E-state index in [0.29, 0.717) is 11.3 Å². The molecule has 0 bridgehead atoms. The van der Waals surface area contributed by atoms with Crippen LogP contribution in [0.5, 0.6) is 0 Å². The second kappa shape index (κ2) is 7.04. The van der Waals surface area contributed by atoms with Gasteiger partial charge >= 0.3 is 0 Å². The minimum atomic E-state index is -0.446. The maximum Gasteiger partial charge on any atom is 0.0622 e. The van der Waals surface area contributed by atoms with Gasteiger partial charge in [0.05, 0.1) is 12.2 Å². The lowest BCUT2D eigenvalue weighted by Crippen LogP contribution is -2.55. The number of rotatable bonds is 2. The Kier molecular flexibility index (Phi) is 5.43. The van der Waals surface area contributed by atoms with Crippen molar-refractivity contribution in [2.45, 2.75) is 90.1 Å². The molecule has 0 aliphatic heterocycles. The van der Waals surface area contributed by atoms with Gasteiger partial charge in [-0.05, 0) is 74.5 Å². The Bertz CT molecular complexity index is 391. The maximum atomic E-state index is 10.6. The first-order valence-electron chi connectivity index (χ1n) is 10.2. The smallest absolute Gasteiger partial charge is 0.0622 e. The van der Waals surface area contributed by atoms with Gasteiger partial charge in [0.1, 0.15) is 0 Å². The Balaban J connectivity index is 1.90. The fraction of sp³-hybridized carbons (Fsp3) is 1.00. The van der Waals surface area contributed by atoms with Crippen LogP contribution in [0.25, 0.3) is 0 Å². The highest BCUT2D eigenvalue weighted by molar-refractivity contribution is 5.05. The van der Waals surface area contributed by atoms with Crippen LogP contribution in [0.15, 0.2) is 0 Å². The van der Waals surface area contributed by atoms with E-state index in [1.54, 1.807) is 0 Å². The van der Waals surface area contributed by atoms with E-state index in [0.717, 1.165) is 37.2 Å². The largest absolute Gasteiger partial charge is 0.390 e. The van der Waals surface area contributed by atoms with E-state index < -0.39 is 5.60 Å². The molecule has 3 rings (SSSR count). The van der Waals surface area contributed by atoms with E-state index in [1.165, 1.54) is 57.8 Å². The average molecular weight is 323 g/mol. The molecule has 134 valence electrons. The van der Waals surface area contributed by atoms with Gasteiger partial charge in [0.2, 0.25) is 0 Å². The molecule has 0 heterocycles. The highest BCUT2D eigenvalue weighted by Crippen LogP contribution is 2.60. The van der Waals surface area contributed by atoms with E-state index in [1.807, 2.05) is 7.11 Å². The minimum absolute atomic E-state index is 0.346. The van der Waals surface area contributed by atoms with E-state index in [-0.39, 0.29) is 0 Å². The molecule has 1 N–H and O–H groups in total. The fourth-order valence-corrected chi connectivity index (χ4v) is 6.59. The molecule has 6 atom stereocenters. The quantitative estimate of drug-likeness (QED) is 0.758. The van der Waals surface area contributed by atoms with Crippen molar-refractivity contribution in [3.8, 4) is 0 Å². The Morgan fingerprint density at radius 2 is 1.74 bits per heavy atom. The van der Waals surface area contributed by atoms with Crippen molar-refractivity contribution in [1.29, 1.82) is 0 Å². The zero-order valence-electron chi connectivity index (χ0n) is 15.7. The van der Waals surface area contributed by atoms with Gasteiger partial charge in [-0.1, -0.05) is 39.0 Å². The second-order valence-corrected chi connectivity index (χ2v) is 9.38. The molecule has 0 saturated heterocycles. The van der Waals surface area contributed by atoms with Gasteiger partial charge in [0, 0.05) is 7.11 Å². The molecular weight excluding hydrogens is 284 g/mol. The first-order chi connectivity index (χ1) is 11.0. The van der Waals surface area contributed by atoms with Crippen molar-refractivity contribution in [2.24, 2.45) is 29.1 Å². The Morgan fingerprint density at radius 1 is 1.00 bits per heavy atom. The number of hydrogen-bond acceptors (Lipinski definition) is 2. The second-order valence-electron chi connectivity index (χ2n) is 9.38. The molecule has 3 aliphatic rings. The molecule has 3 saturated carbocycles. The monoisotopic (exact) mass is 322 g/mol. The zero-order chi connectivity index (χ0) is 16.5. The van der Waals surface area contributed by atoms with Crippen LogP contribution in [-0.4, -0.2) is 24.4 Å². The van der Waals surface area contributed by atoms with Crippen LogP contribution in [0.1, 0.15) is 84.5 Å². The summed E-state index contributed by atoms with van der Waals surface area (Å²) in [7, 11) is 1.89. The predicted molar refractivity (Wildman–Crippen MR) is 95.4 cm³/mol. The van der Waals surface area contributed by atoms with Crippen LogP contribution in [0.2, 0.25) is 0 Å². The van der Waals surface area contributed by atoms with Gasteiger partial charge in [-0.15, -0.1) is 0 Å². The van der Waals surface area contributed by atoms with E-state index in [2.05, 4.69) is 13.8 Å². The Labute approximate surface area is 143 Å². The minimum Gasteiger partial charge on any atom is -0.390 e. The summed E-state index contributed by atoms with van der Waals surface area (Å²) in [4.78, 5) is 0. The summed E-state index contributed by atoms with van der Waals surface area (Å²) in [5.74, 6) is 3.25. The summed E-state index contributed by atoms with van der Waals surface area (Å²) in [5.41, 5.74) is -0.0998. The third-order valence-corrected chi connectivity index (χ3v) is 7.80. The molecule has 3 aliphatic carbocycles. The van der Waals surface area contributed by atoms with Crippen LogP contribution < -0.4 is 0 Å². The number of aliphatic hydroxyl groups is 1. The highest BCUT2D eigenvalue weighted by atomic mass is 16.5. The third kappa shape index (κ3) is 3.49. The van der Waals surface area contributed by atoms with E-state index in [9.17, 15) is 5.11 Å². The number of ether oxygens (including phenoxy) is 1. The zero-order valence-corrected chi connectivity index (χ0v) is 15.7. The van der Waals surface area contributed by atoms with E-state index >= 15 is 0 Å². The van der Waals surface area contributed by atoms with Crippen molar-refractivity contribution >= 4 is 0 Å². The highest BCUT2D eigenvalue weighted by Gasteiger charge is 2.55. The van der Waals surface area contributed by atoms with Gasteiger partial charge in [-0.25, -0.2) is 0 Å². The fourth-order valence-electron chi connectivity index (χ4n) is 6.59. The molecule has 3 fully saturated rings. The lowest BCUT2D eigenvalue weighted by atomic mass is 9.48. The normalized spacial score (nSPS) is 48.5. The summed E-state index contributed by atoms with van der Waals surface area (Å²) in [6.45, 7) is 5.49. The van der Waals surface area contributed by atoms with Gasteiger partial charge in [-0.3, -0.25) is 0 Å². The molecule has 0 aromatic carbocycles. The molecule has 0 aromatic rings. The van der Waals surface area contributed by atoms with Crippen LogP contribution in [0.3, 0.4) is 0 Å².